The van der Waals surface area contributed by atoms with Gasteiger partial charge in [-0.2, -0.15) is 12.6 Å². The van der Waals surface area contributed by atoms with E-state index in [2.05, 4.69) is 17.9 Å². The molecule has 2 aromatic rings. The molecule has 4 nitrogen and oxygen atoms in total. The smallest absolute Gasteiger partial charge is 0.321 e. The van der Waals surface area contributed by atoms with Gasteiger partial charge in [-0.25, -0.2) is 0 Å². The fraction of sp³-hybridized carbons (Fsp3) is 0.176. The molecule has 0 spiro atoms. The molecule has 0 aliphatic carbocycles. The van der Waals surface area contributed by atoms with Gasteiger partial charge in [0.1, 0.15) is 6.04 Å². The lowest BCUT2D eigenvalue weighted by atomic mass is 9.97. The van der Waals surface area contributed by atoms with Gasteiger partial charge in [0.15, 0.2) is 5.78 Å². The van der Waals surface area contributed by atoms with E-state index in [-0.39, 0.29) is 18.1 Å². The third-order valence-corrected chi connectivity index (χ3v) is 3.67. The van der Waals surface area contributed by atoms with Gasteiger partial charge in [0.2, 0.25) is 0 Å². The summed E-state index contributed by atoms with van der Waals surface area (Å²) < 4.78 is 0. The van der Waals surface area contributed by atoms with Gasteiger partial charge in [-0.1, -0.05) is 54.6 Å². The van der Waals surface area contributed by atoms with Crippen molar-refractivity contribution in [3.8, 4) is 11.1 Å². The zero-order chi connectivity index (χ0) is 15.9. The Labute approximate surface area is 134 Å². The number of carbonyl (C=O) groups is 2. The summed E-state index contributed by atoms with van der Waals surface area (Å²) in [4.78, 5) is 23.3. The van der Waals surface area contributed by atoms with Crippen LogP contribution >= 0.6 is 12.6 Å². The van der Waals surface area contributed by atoms with Crippen molar-refractivity contribution in [2.24, 2.45) is 0 Å². The molecule has 114 valence electrons. The Morgan fingerprint density at radius 2 is 1.68 bits per heavy atom. The van der Waals surface area contributed by atoms with E-state index in [9.17, 15) is 9.59 Å². The first-order valence-electron chi connectivity index (χ1n) is 6.88. The summed E-state index contributed by atoms with van der Waals surface area (Å²) in [5, 5.41) is 11.7. The average molecular weight is 315 g/mol. The highest BCUT2D eigenvalue weighted by atomic mass is 32.1. The maximum Gasteiger partial charge on any atom is 0.321 e. The van der Waals surface area contributed by atoms with Gasteiger partial charge in [-0.3, -0.25) is 14.9 Å². The monoisotopic (exact) mass is 315 g/mol. The minimum Gasteiger partial charge on any atom is -0.480 e. The van der Waals surface area contributed by atoms with E-state index >= 15 is 0 Å². The Balaban J connectivity index is 2.19. The molecule has 0 amide bonds. The first kappa shape index (κ1) is 16.3. The minimum atomic E-state index is -1.01. The Morgan fingerprint density at radius 3 is 2.32 bits per heavy atom. The fourth-order valence-electron chi connectivity index (χ4n) is 2.14. The van der Waals surface area contributed by atoms with Crippen LogP contribution in [0.5, 0.6) is 0 Å². The van der Waals surface area contributed by atoms with Crippen molar-refractivity contribution in [2.45, 2.75) is 6.04 Å². The summed E-state index contributed by atoms with van der Waals surface area (Å²) in [6, 6.07) is 16.1. The largest absolute Gasteiger partial charge is 0.480 e. The summed E-state index contributed by atoms with van der Waals surface area (Å²) in [5.41, 5.74) is 2.37. The Morgan fingerprint density at radius 1 is 1.05 bits per heavy atom. The predicted octanol–water partition coefficient (Wildman–Crippen LogP) is 2.51. The van der Waals surface area contributed by atoms with Gasteiger partial charge < -0.3 is 5.11 Å². The van der Waals surface area contributed by atoms with E-state index in [0.29, 0.717) is 5.56 Å². The van der Waals surface area contributed by atoms with E-state index in [1.54, 1.807) is 12.1 Å². The number of nitrogens with one attached hydrogen (secondary N) is 1. The SMILES string of the molecule is O=C(CNC(CS)C(=O)O)c1ccccc1-c1ccccc1. The van der Waals surface area contributed by atoms with Gasteiger partial charge in [0, 0.05) is 11.3 Å². The lowest BCUT2D eigenvalue weighted by Gasteiger charge is -2.13. The maximum absolute atomic E-state index is 12.4. The Hall–Kier alpha value is -2.11. The van der Waals surface area contributed by atoms with Crippen molar-refractivity contribution >= 4 is 24.4 Å². The van der Waals surface area contributed by atoms with Gasteiger partial charge in [-0.05, 0) is 11.1 Å². The molecule has 2 rings (SSSR count). The quantitative estimate of drug-likeness (QED) is 0.542. The van der Waals surface area contributed by atoms with Gasteiger partial charge in [-0.15, -0.1) is 0 Å². The fourth-order valence-corrected chi connectivity index (χ4v) is 2.42. The molecule has 0 saturated carbocycles. The third kappa shape index (κ3) is 3.96. The highest BCUT2D eigenvalue weighted by molar-refractivity contribution is 7.80. The molecule has 0 aliphatic heterocycles. The van der Waals surface area contributed by atoms with E-state index in [4.69, 9.17) is 5.11 Å². The van der Waals surface area contributed by atoms with Crippen molar-refractivity contribution in [1.29, 1.82) is 0 Å². The van der Waals surface area contributed by atoms with Crippen molar-refractivity contribution in [3.63, 3.8) is 0 Å². The number of rotatable bonds is 7. The van der Waals surface area contributed by atoms with Gasteiger partial charge >= 0.3 is 5.97 Å². The molecule has 0 heterocycles. The third-order valence-electron chi connectivity index (χ3n) is 3.30. The highest BCUT2D eigenvalue weighted by Gasteiger charge is 2.18. The lowest BCUT2D eigenvalue weighted by molar-refractivity contribution is -0.138. The predicted molar refractivity (Wildman–Crippen MR) is 89.5 cm³/mol. The molecule has 2 aromatic carbocycles. The lowest BCUT2D eigenvalue weighted by Crippen LogP contribution is -2.41. The van der Waals surface area contributed by atoms with Crippen LogP contribution in [0.3, 0.4) is 0 Å². The molecule has 1 unspecified atom stereocenters. The number of carboxylic acids is 1. The second kappa shape index (κ2) is 7.77. The van der Waals surface area contributed by atoms with E-state index < -0.39 is 12.0 Å². The van der Waals surface area contributed by atoms with Gasteiger partial charge in [0.25, 0.3) is 0 Å². The zero-order valence-electron chi connectivity index (χ0n) is 11.9. The van der Waals surface area contributed by atoms with Crippen molar-refractivity contribution in [2.75, 3.05) is 12.3 Å². The van der Waals surface area contributed by atoms with Crippen LogP contribution in [0, 0.1) is 0 Å². The second-order valence-electron chi connectivity index (χ2n) is 4.79. The first-order valence-corrected chi connectivity index (χ1v) is 7.51. The molecule has 2 N–H and O–H groups in total. The van der Waals surface area contributed by atoms with Crippen LogP contribution in [-0.4, -0.2) is 35.2 Å². The van der Waals surface area contributed by atoms with E-state index in [1.165, 1.54) is 0 Å². The van der Waals surface area contributed by atoms with Crippen LogP contribution in [0.15, 0.2) is 54.6 Å². The van der Waals surface area contributed by atoms with Crippen LogP contribution < -0.4 is 5.32 Å². The molecular formula is C17H17NO3S. The molecule has 0 aliphatic rings. The number of benzene rings is 2. The number of ketones is 1. The Kier molecular flexibility index (Phi) is 5.75. The summed E-state index contributed by atoms with van der Waals surface area (Å²) in [5.74, 6) is -1.03. The summed E-state index contributed by atoms with van der Waals surface area (Å²) in [7, 11) is 0. The van der Waals surface area contributed by atoms with Crippen LogP contribution in [-0.2, 0) is 4.79 Å². The summed E-state index contributed by atoms with van der Waals surface area (Å²) in [6.45, 7) is -0.0403. The number of aliphatic carboxylic acids is 1. The maximum atomic E-state index is 12.4. The first-order chi connectivity index (χ1) is 10.6. The van der Waals surface area contributed by atoms with Crippen molar-refractivity contribution in [1.82, 2.24) is 5.32 Å². The molecule has 1 atom stereocenters. The minimum absolute atomic E-state index is 0.0403. The summed E-state index contributed by atoms with van der Waals surface area (Å²) in [6.07, 6.45) is 0. The van der Waals surface area contributed by atoms with Crippen LogP contribution in [0.4, 0.5) is 0 Å². The Bertz CT molecular complexity index is 658. The number of hydrogen-bond acceptors (Lipinski definition) is 4. The zero-order valence-corrected chi connectivity index (χ0v) is 12.8. The van der Waals surface area contributed by atoms with Crippen molar-refractivity contribution in [3.05, 3.63) is 60.2 Å². The second-order valence-corrected chi connectivity index (χ2v) is 5.15. The van der Waals surface area contributed by atoms with E-state index in [1.807, 2.05) is 42.5 Å². The molecule has 5 heteroatoms. The van der Waals surface area contributed by atoms with Crippen LogP contribution in [0.2, 0.25) is 0 Å². The van der Waals surface area contributed by atoms with Crippen LogP contribution in [0.1, 0.15) is 10.4 Å². The number of carboxylic acid groups (broad SMARTS) is 1. The average Bonchev–Trinajstić information content (AvgIpc) is 2.55. The normalized spacial score (nSPS) is 11.9. The molecule has 0 aromatic heterocycles. The highest BCUT2D eigenvalue weighted by Crippen LogP contribution is 2.23. The molecule has 0 radical (unpaired) electrons. The molecule has 0 bridgehead atoms. The van der Waals surface area contributed by atoms with E-state index in [0.717, 1.165) is 11.1 Å². The standard InChI is InChI=1S/C17H17NO3S/c19-16(10-18-15(11-22)17(20)21)14-9-5-4-8-13(14)12-6-2-1-3-7-12/h1-9,15,18,22H,10-11H2,(H,20,21). The topological polar surface area (TPSA) is 66.4 Å². The van der Waals surface area contributed by atoms with Crippen molar-refractivity contribution < 1.29 is 14.7 Å². The summed E-state index contributed by atoms with van der Waals surface area (Å²) >= 11 is 3.97. The number of thiol groups is 1. The number of carbonyl (C=O) groups excluding carboxylic acids is 1. The van der Waals surface area contributed by atoms with Gasteiger partial charge in [0.05, 0.1) is 6.54 Å². The molecule has 0 fully saturated rings. The van der Waals surface area contributed by atoms with Crippen LogP contribution in [0.25, 0.3) is 11.1 Å². The molecular weight excluding hydrogens is 298 g/mol. The molecule has 0 saturated heterocycles. The number of hydrogen-bond donors (Lipinski definition) is 3. The number of Topliss-reactive ketones (excluding diaryl/α,β-unsaturated/α-hetero) is 1. The molecule has 22 heavy (non-hydrogen) atoms.